The van der Waals surface area contributed by atoms with Gasteiger partial charge in [-0.3, -0.25) is 9.59 Å². The SMILES string of the molecule is CC(=O)c1ccc2c(c1)N(CCCN(C)C)C(=O)CCO2. The van der Waals surface area contributed by atoms with Crippen LogP contribution in [-0.2, 0) is 4.79 Å². The van der Waals surface area contributed by atoms with E-state index in [9.17, 15) is 9.59 Å². The van der Waals surface area contributed by atoms with Crippen molar-refractivity contribution < 1.29 is 14.3 Å². The van der Waals surface area contributed by atoms with Gasteiger partial charge in [0.25, 0.3) is 0 Å². The molecule has 0 aliphatic carbocycles. The second-order valence-corrected chi connectivity index (χ2v) is 5.54. The van der Waals surface area contributed by atoms with E-state index in [0.717, 1.165) is 13.0 Å². The lowest BCUT2D eigenvalue weighted by molar-refractivity contribution is -0.118. The summed E-state index contributed by atoms with van der Waals surface area (Å²) < 4.78 is 5.63. The molecular weight excluding hydrogens is 268 g/mol. The average molecular weight is 290 g/mol. The van der Waals surface area contributed by atoms with Crippen LogP contribution in [0.5, 0.6) is 5.75 Å². The molecule has 21 heavy (non-hydrogen) atoms. The highest BCUT2D eigenvalue weighted by molar-refractivity contribution is 5.99. The highest BCUT2D eigenvalue weighted by Gasteiger charge is 2.23. The number of carbonyl (C=O) groups excluding carboxylic acids is 2. The number of ether oxygens (including phenoxy) is 1. The lowest BCUT2D eigenvalue weighted by Crippen LogP contribution is -2.33. The third kappa shape index (κ3) is 3.82. The first kappa shape index (κ1) is 15.5. The fourth-order valence-electron chi connectivity index (χ4n) is 2.38. The first-order chi connectivity index (χ1) is 9.99. The van der Waals surface area contributed by atoms with Gasteiger partial charge in [-0.15, -0.1) is 0 Å². The summed E-state index contributed by atoms with van der Waals surface area (Å²) in [6.07, 6.45) is 1.24. The van der Waals surface area contributed by atoms with Gasteiger partial charge in [0.15, 0.2) is 5.78 Å². The van der Waals surface area contributed by atoms with Crippen molar-refractivity contribution in [3.05, 3.63) is 23.8 Å². The Hall–Kier alpha value is -1.88. The van der Waals surface area contributed by atoms with Crippen LogP contribution in [0, 0.1) is 0 Å². The van der Waals surface area contributed by atoms with Crippen LogP contribution in [0.15, 0.2) is 18.2 Å². The van der Waals surface area contributed by atoms with Gasteiger partial charge < -0.3 is 14.5 Å². The Morgan fingerprint density at radius 3 is 2.81 bits per heavy atom. The number of fused-ring (bicyclic) bond motifs is 1. The molecule has 0 N–H and O–H groups in total. The summed E-state index contributed by atoms with van der Waals surface area (Å²) in [6.45, 7) is 3.45. The van der Waals surface area contributed by atoms with Gasteiger partial charge in [0.2, 0.25) is 5.91 Å². The van der Waals surface area contributed by atoms with Crippen molar-refractivity contribution in [1.82, 2.24) is 4.90 Å². The van der Waals surface area contributed by atoms with E-state index in [1.165, 1.54) is 6.92 Å². The van der Waals surface area contributed by atoms with Crippen LogP contribution in [0.25, 0.3) is 0 Å². The lowest BCUT2D eigenvalue weighted by atomic mass is 10.1. The first-order valence-electron chi connectivity index (χ1n) is 7.22. The third-order valence-corrected chi connectivity index (χ3v) is 3.52. The number of benzene rings is 1. The molecule has 0 spiro atoms. The highest BCUT2D eigenvalue weighted by Crippen LogP contribution is 2.32. The number of hydrogen-bond acceptors (Lipinski definition) is 4. The fraction of sp³-hybridized carbons (Fsp3) is 0.500. The zero-order chi connectivity index (χ0) is 15.4. The quantitative estimate of drug-likeness (QED) is 0.778. The monoisotopic (exact) mass is 290 g/mol. The van der Waals surface area contributed by atoms with E-state index in [1.807, 2.05) is 14.1 Å². The van der Waals surface area contributed by atoms with Gasteiger partial charge in [0.05, 0.1) is 18.7 Å². The third-order valence-electron chi connectivity index (χ3n) is 3.52. The number of rotatable bonds is 5. The summed E-state index contributed by atoms with van der Waals surface area (Å²) >= 11 is 0. The molecule has 0 fully saturated rings. The first-order valence-corrected chi connectivity index (χ1v) is 7.22. The zero-order valence-electron chi connectivity index (χ0n) is 12.9. The van der Waals surface area contributed by atoms with Crippen LogP contribution in [0.4, 0.5) is 5.69 Å². The van der Waals surface area contributed by atoms with Crippen LogP contribution in [-0.4, -0.2) is 50.4 Å². The molecule has 0 bridgehead atoms. The van der Waals surface area contributed by atoms with E-state index in [-0.39, 0.29) is 11.7 Å². The van der Waals surface area contributed by atoms with Gasteiger partial charge in [-0.05, 0) is 52.2 Å². The Balaban J connectivity index is 2.28. The number of amides is 1. The molecule has 1 aromatic rings. The lowest BCUT2D eigenvalue weighted by Gasteiger charge is -2.23. The van der Waals surface area contributed by atoms with Crippen LogP contribution in [0.3, 0.4) is 0 Å². The van der Waals surface area contributed by atoms with E-state index in [2.05, 4.69) is 4.90 Å². The Bertz CT molecular complexity index is 540. The predicted octanol–water partition coefficient (Wildman–Crippen LogP) is 1.96. The Morgan fingerprint density at radius 2 is 2.14 bits per heavy atom. The zero-order valence-corrected chi connectivity index (χ0v) is 12.9. The second-order valence-electron chi connectivity index (χ2n) is 5.54. The van der Waals surface area contributed by atoms with Crippen LogP contribution in [0.2, 0.25) is 0 Å². The molecular formula is C16H22N2O3. The smallest absolute Gasteiger partial charge is 0.230 e. The number of hydrogen-bond donors (Lipinski definition) is 0. The van der Waals surface area contributed by atoms with Crippen molar-refractivity contribution >= 4 is 17.4 Å². The molecule has 0 unspecified atom stereocenters. The maximum absolute atomic E-state index is 12.3. The van der Waals surface area contributed by atoms with Crippen molar-refractivity contribution in [2.24, 2.45) is 0 Å². The number of Topliss-reactive ketones (excluding diaryl/α,β-unsaturated/α-hetero) is 1. The molecule has 0 saturated carbocycles. The van der Waals surface area contributed by atoms with Gasteiger partial charge in [-0.1, -0.05) is 0 Å². The Morgan fingerprint density at radius 1 is 1.38 bits per heavy atom. The standard InChI is InChI=1S/C16H22N2O3/c1-12(19)13-5-6-15-14(11-13)18(9-4-8-17(2)3)16(20)7-10-21-15/h5-6,11H,4,7-10H2,1-3H3. The Labute approximate surface area is 125 Å². The van der Waals surface area contributed by atoms with E-state index in [4.69, 9.17) is 4.74 Å². The molecule has 0 radical (unpaired) electrons. The minimum atomic E-state index is -0.0114. The van der Waals surface area contributed by atoms with Gasteiger partial charge >= 0.3 is 0 Å². The van der Waals surface area contributed by atoms with Gasteiger partial charge in [0.1, 0.15) is 5.75 Å². The maximum Gasteiger partial charge on any atom is 0.230 e. The summed E-state index contributed by atoms with van der Waals surface area (Å²) in [5.41, 5.74) is 1.31. The van der Waals surface area contributed by atoms with Crippen LogP contribution < -0.4 is 9.64 Å². The number of nitrogens with zero attached hydrogens (tertiary/aromatic N) is 2. The number of ketones is 1. The summed E-state index contributed by atoms with van der Waals surface area (Å²) in [5.74, 6) is 0.714. The molecule has 5 nitrogen and oxygen atoms in total. The summed E-state index contributed by atoms with van der Waals surface area (Å²) in [5, 5.41) is 0. The molecule has 0 atom stereocenters. The van der Waals surface area contributed by atoms with Crippen molar-refractivity contribution in [2.75, 3.05) is 38.7 Å². The molecule has 1 aromatic carbocycles. The van der Waals surface area contributed by atoms with E-state index in [0.29, 0.717) is 36.6 Å². The summed E-state index contributed by atoms with van der Waals surface area (Å²) in [7, 11) is 4.02. The van der Waals surface area contributed by atoms with Crippen molar-refractivity contribution in [2.45, 2.75) is 19.8 Å². The molecule has 2 rings (SSSR count). The van der Waals surface area contributed by atoms with E-state index in [1.54, 1.807) is 23.1 Å². The summed E-state index contributed by atoms with van der Waals surface area (Å²) in [6, 6.07) is 5.29. The van der Waals surface area contributed by atoms with Crippen molar-refractivity contribution in [1.29, 1.82) is 0 Å². The van der Waals surface area contributed by atoms with Crippen LogP contribution in [0.1, 0.15) is 30.1 Å². The molecule has 1 heterocycles. The maximum atomic E-state index is 12.3. The second kappa shape index (κ2) is 6.72. The van der Waals surface area contributed by atoms with Gasteiger partial charge in [0, 0.05) is 12.1 Å². The molecule has 1 aliphatic heterocycles. The highest BCUT2D eigenvalue weighted by atomic mass is 16.5. The molecule has 5 heteroatoms. The van der Waals surface area contributed by atoms with E-state index < -0.39 is 0 Å². The topological polar surface area (TPSA) is 49.9 Å². The van der Waals surface area contributed by atoms with Crippen LogP contribution >= 0.6 is 0 Å². The normalized spacial score (nSPS) is 14.7. The molecule has 0 saturated heterocycles. The molecule has 1 aliphatic rings. The van der Waals surface area contributed by atoms with Crippen molar-refractivity contribution in [3.8, 4) is 5.75 Å². The van der Waals surface area contributed by atoms with E-state index >= 15 is 0 Å². The van der Waals surface area contributed by atoms with Gasteiger partial charge in [-0.2, -0.15) is 0 Å². The Kier molecular flexibility index (Phi) is 4.96. The molecule has 0 aromatic heterocycles. The van der Waals surface area contributed by atoms with Gasteiger partial charge in [-0.25, -0.2) is 0 Å². The fourth-order valence-corrected chi connectivity index (χ4v) is 2.38. The predicted molar refractivity (Wildman–Crippen MR) is 82.1 cm³/mol. The number of carbonyl (C=O) groups is 2. The summed E-state index contributed by atoms with van der Waals surface area (Å²) in [4.78, 5) is 27.7. The number of anilines is 1. The van der Waals surface area contributed by atoms with Crippen molar-refractivity contribution in [3.63, 3.8) is 0 Å². The largest absolute Gasteiger partial charge is 0.491 e. The molecule has 114 valence electrons. The minimum absolute atomic E-state index is 0.0114. The minimum Gasteiger partial charge on any atom is -0.491 e. The average Bonchev–Trinajstić information content (AvgIpc) is 2.57. The molecule has 1 amide bonds.